The highest BCUT2D eigenvalue weighted by Crippen LogP contribution is 2.32. The maximum atomic E-state index is 5.96. The molecule has 0 bridgehead atoms. The summed E-state index contributed by atoms with van der Waals surface area (Å²) >= 11 is 17.5. The van der Waals surface area contributed by atoms with Gasteiger partial charge in [0.15, 0.2) is 12.4 Å². The summed E-state index contributed by atoms with van der Waals surface area (Å²) in [5.74, 6) is 1.66. The zero-order valence-corrected chi connectivity index (χ0v) is 11.5. The third-order valence-corrected chi connectivity index (χ3v) is 2.86. The number of rotatable bonds is 5. The van der Waals surface area contributed by atoms with Gasteiger partial charge in [0.2, 0.25) is 5.89 Å². The Morgan fingerprint density at radius 3 is 2.44 bits per heavy atom. The first kappa shape index (κ1) is 13.5. The monoisotopic (exact) mass is 306 g/mol. The molecule has 7 heteroatoms. The molecule has 1 aromatic carbocycles. The number of nitrogens with zero attached hydrogens (tertiary/aromatic N) is 2. The van der Waals surface area contributed by atoms with Crippen LogP contribution in [0.1, 0.15) is 11.8 Å². The van der Waals surface area contributed by atoms with Gasteiger partial charge >= 0.3 is 0 Å². The highest BCUT2D eigenvalue weighted by Gasteiger charge is 2.10. The van der Waals surface area contributed by atoms with E-state index >= 15 is 0 Å². The van der Waals surface area contributed by atoms with Crippen molar-refractivity contribution in [1.29, 1.82) is 0 Å². The van der Waals surface area contributed by atoms with E-state index in [0.717, 1.165) is 0 Å². The Morgan fingerprint density at radius 1 is 1.11 bits per heavy atom. The van der Waals surface area contributed by atoms with E-state index in [0.29, 0.717) is 39.9 Å². The molecule has 0 saturated heterocycles. The van der Waals surface area contributed by atoms with E-state index < -0.39 is 0 Å². The first-order valence-electron chi connectivity index (χ1n) is 5.14. The van der Waals surface area contributed by atoms with Crippen LogP contribution in [0.4, 0.5) is 0 Å². The molecule has 0 N–H and O–H groups in total. The Bertz CT molecular complexity index is 511. The van der Waals surface area contributed by atoms with Gasteiger partial charge in [-0.2, -0.15) is 0 Å². The average molecular weight is 308 g/mol. The molecule has 0 aliphatic carbocycles. The lowest BCUT2D eigenvalue weighted by Crippen LogP contribution is -1.96. The van der Waals surface area contributed by atoms with Gasteiger partial charge in [0.25, 0.3) is 5.89 Å². The zero-order valence-electron chi connectivity index (χ0n) is 9.20. The minimum Gasteiger partial charge on any atom is -0.481 e. The van der Waals surface area contributed by atoms with E-state index in [9.17, 15) is 0 Å². The molecular weight excluding hydrogens is 298 g/mol. The molecule has 0 aliphatic rings. The van der Waals surface area contributed by atoms with Crippen molar-refractivity contribution in [2.75, 3.05) is 5.88 Å². The van der Waals surface area contributed by atoms with Crippen LogP contribution in [-0.4, -0.2) is 16.1 Å². The van der Waals surface area contributed by atoms with Crippen molar-refractivity contribution in [3.8, 4) is 5.75 Å². The molecular formula is C11H9Cl3N2O2. The van der Waals surface area contributed by atoms with Gasteiger partial charge in [0.05, 0.1) is 10.0 Å². The summed E-state index contributed by atoms with van der Waals surface area (Å²) in [6, 6.07) is 5.12. The molecule has 1 heterocycles. The van der Waals surface area contributed by atoms with Crippen LogP contribution in [0.3, 0.4) is 0 Å². The van der Waals surface area contributed by atoms with Gasteiger partial charge in [0.1, 0.15) is 0 Å². The third kappa shape index (κ3) is 3.28. The van der Waals surface area contributed by atoms with Crippen molar-refractivity contribution in [2.24, 2.45) is 0 Å². The third-order valence-electron chi connectivity index (χ3n) is 2.08. The highest BCUT2D eigenvalue weighted by molar-refractivity contribution is 6.37. The van der Waals surface area contributed by atoms with E-state index in [1.807, 2.05) is 0 Å². The molecule has 0 unspecified atom stereocenters. The van der Waals surface area contributed by atoms with Crippen LogP contribution in [0.15, 0.2) is 22.6 Å². The number of aromatic nitrogens is 2. The maximum absolute atomic E-state index is 5.96. The fourth-order valence-electron chi connectivity index (χ4n) is 1.28. The number of halogens is 3. The minimum absolute atomic E-state index is 0.110. The lowest BCUT2D eigenvalue weighted by Gasteiger charge is -2.06. The van der Waals surface area contributed by atoms with Crippen molar-refractivity contribution >= 4 is 34.8 Å². The maximum Gasteiger partial charge on any atom is 0.253 e. The van der Waals surface area contributed by atoms with Crippen LogP contribution in [0.5, 0.6) is 5.75 Å². The van der Waals surface area contributed by atoms with E-state index in [-0.39, 0.29) is 6.61 Å². The minimum atomic E-state index is 0.110. The van der Waals surface area contributed by atoms with Crippen LogP contribution in [0.25, 0.3) is 0 Å². The van der Waals surface area contributed by atoms with Crippen molar-refractivity contribution in [3.63, 3.8) is 0 Å². The molecule has 0 saturated carbocycles. The molecule has 18 heavy (non-hydrogen) atoms. The first-order chi connectivity index (χ1) is 8.70. The molecule has 0 amide bonds. The number of hydrogen-bond donors (Lipinski definition) is 0. The van der Waals surface area contributed by atoms with Gasteiger partial charge in [-0.05, 0) is 12.1 Å². The average Bonchev–Trinajstić information content (AvgIpc) is 2.77. The van der Waals surface area contributed by atoms with Crippen molar-refractivity contribution in [1.82, 2.24) is 10.2 Å². The van der Waals surface area contributed by atoms with Crippen LogP contribution >= 0.6 is 34.8 Å². The smallest absolute Gasteiger partial charge is 0.253 e. The van der Waals surface area contributed by atoms with E-state index in [2.05, 4.69) is 10.2 Å². The Balaban J connectivity index is 2.02. The van der Waals surface area contributed by atoms with Gasteiger partial charge in [-0.3, -0.25) is 0 Å². The molecule has 0 radical (unpaired) electrons. The molecule has 2 aromatic rings. The topological polar surface area (TPSA) is 48.2 Å². The van der Waals surface area contributed by atoms with Gasteiger partial charge in [-0.1, -0.05) is 29.3 Å². The fraction of sp³-hybridized carbons (Fsp3) is 0.273. The standard InChI is InChI=1S/C11H9Cl3N2O2/c12-5-4-9-15-16-10(18-9)6-17-11-7(13)2-1-3-8(11)14/h1-3H,4-6H2. The van der Waals surface area contributed by atoms with Gasteiger partial charge in [-0.25, -0.2) is 0 Å². The molecule has 1 aromatic heterocycles. The Morgan fingerprint density at radius 2 is 1.78 bits per heavy atom. The molecule has 0 atom stereocenters. The quantitative estimate of drug-likeness (QED) is 0.790. The van der Waals surface area contributed by atoms with Crippen molar-refractivity contribution < 1.29 is 9.15 Å². The Labute approximate surface area is 119 Å². The second kappa shape index (κ2) is 6.27. The fourth-order valence-corrected chi connectivity index (χ4v) is 1.95. The summed E-state index contributed by atoms with van der Waals surface area (Å²) < 4.78 is 10.8. The molecule has 2 rings (SSSR count). The van der Waals surface area contributed by atoms with E-state index in [1.165, 1.54) is 0 Å². The summed E-state index contributed by atoms with van der Waals surface area (Å²) in [5, 5.41) is 8.51. The highest BCUT2D eigenvalue weighted by atomic mass is 35.5. The number of hydrogen-bond acceptors (Lipinski definition) is 4. The normalized spacial score (nSPS) is 10.6. The number of benzene rings is 1. The molecule has 96 valence electrons. The summed E-state index contributed by atoms with van der Waals surface area (Å²) in [6.45, 7) is 0.110. The molecule has 0 aliphatic heterocycles. The summed E-state index contributed by atoms with van der Waals surface area (Å²) in [4.78, 5) is 0. The van der Waals surface area contributed by atoms with Gasteiger partial charge < -0.3 is 9.15 Å². The SMILES string of the molecule is ClCCc1nnc(COc2c(Cl)cccc2Cl)o1. The molecule has 0 fully saturated rings. The number of alkyl halides is 1. The van der Waals surface area contributed by atoms with Gasteiger partial charge in [-0.15, -0.1) is 21.8 Å². The largest absolute Gasteiger partial charge is 0.481 e. The zero-order chi connectivity index (χ0) is 13.0. The van der Waals surface area contributed by atoms with Crippen LogP contribution in [0.2, 0.25) is 10.0 Å². The van der Waals surface area contributed by atoms with Crippen LogP contribution in [-0.2, 0) is 13.0 Å². The second-order valence-corrected chi connectivity index (χ2v) is 4.56. The summed E-state index contributed by atoms with van der Waals surface area (Å²) in [6.07, 6.45) is 0.529. The lowest BCUT2D eigenvalue weighted by molar-refractivity contribution is 0.259. The predicted octanol–water partition coefficient (Wildman–Crippen LogP) is 3.74. The number of para-hydroxylation sites is 1. The van der Waals surface area contributed by atoms with Gasteiger partial charge in [0, 0.05) is 12.3 Å². The predicted molar refractivity (Wildman–Crippen MR) is 69.5 cm³/mol. The van der Waals surface area contributed by atoms with Crippen molar-refractivity contribution in [2.45, 2.75) is 13.0 Å². The Kier molecular flexibility index (Phi) is 4.69. The number of ether oxygens (including phenoxy) is 1. The molecule has 4 nitrogen and oxygen atoms in total. The number of aryl methyl sites for hydroxylation is 1. The summed E-state index contributed by atoms with van der Waals surface area (Å²) in [7, 11) is 0. The Hall–Kier alpha value is -0.970. The van der Waals surface area contributed by atoms with Crippen LogP contribution in [0, 0.1) is 0 Å². The lowest BCUT2D eigenvalue weighted by atomic mass is 10.3. The van der Waals surface area contributed by atoms with E-state index in [4.69, 9.17) is 44.0 Å². The van der Waals surface area contributed by atoms with Crippen molar-refractivity contribution in [3.05, 3.63) is 40.0 Å². The molecule has 0 spiro atoms. The van der Waals surface area contributed by atoms with Crippen LogP contribution < -0.4 is 4.74 Å². The second-order valence-electron chi connectivity index (χ2n) is 3.37. The van der Waals surface area contributed by atoms with E-state index in [1.54, 1.807) is 18.2 Å². The first-order valence-corrected chi connectivity index (χ1v) is 6.44. The summed E-state index contributed by atoms with van der Waals surface area (Å²) in [5.41, 5.74) is 0.